The Balaban J connectivity index is 1.51. The average Bonchev–Trinajstić information content (AvgIpc) is 3.12. The molecule has 1 atom stereocenters. The van der Waals surface area contributed by atoms with E-state index in [-0.39, 0.29) is 32.5 Å². The van der Waals surface area contributed by atoms with E-state index in [9.17, 15) is 36.7 Å². The van der Waals surface area contributed by atoms with Crippen molar-refractivity contribution in [2.24, 2.45) is 5.92 Å². The van der Waals surface area contributed by atoms with Crippen molar-refractivity contribution in [2.75, 3.05) is 27.2 Å². The molecule has 2 saturated heterocycles. The fourth-order valence-corrected chi connectivity index (χ4v) is 5.67. The molecule has 0 aliphatic carbocycles. The summed E-state index contributed by atoms with van der Waals surface area (Å²) >= 11 is 6.41. The molecule has 2 aliphatic heterocycles. The van der Waals surface area contributed by atoms with Crippen LogP contribution in [-0.4, -0.2) is 77.3 Å². The number of halogens is 5. The number of likely N-dealkylation sites (tertiary alicyclic amines) is 1. The van der Waals surface area contributed by atoms with Crippen LogP contribution in [0.5, 0.6) is 5.75 Å². The van der Waals surface area contributed by atoms with Crippen molar-refractivity contribution in [1.29, 1.82) is 0 Å². The number of carbonyl (C=O) groups is 4. The molecule has 1 spiro atoms. The normalized spacial score (nSPS) is 17.6. The van der Waals surface area contributed by atoms with Gasteiger partial charge in [0.1, 0.15) is 23.1 Å². The highest BCUT2D eigenvalue weighted by Gasteiger charge is 2.57. The first-order chi connectivity index (χ1) is 20.1. The molecule has 0 radical (unpaired) electrons. The molecule has 0 aromatic heterocycles. The molecule has 1 N–H and O–H groups in total. The fourth-order valence-electron chi connectivity index (χ4n) is 5.44. The number of likely N-dealkylation sites (N-methyl/N-ethyl adjacent to an activating group) is 1. The number of alkyl halides is 3. The average molecular weight is 627 g/mol. The van der Waals surface area contributed by atoms with E-state index in [1.54, 1.807) is 32.0 Å². The molecular weight excluding hydrogens is 596 g/mol. The van der Waals surface area contributed by atoms with Gasteiger partial charge in [-0.05, 0) is 54.7 Å². The minimum atomic E-state index is -4.79. The Hall–Kier alpha value is -3.87. The smallest absolute Gasteiger partial charge is 0.416 e. The topological polar surface area (TPSA) is 99.3 Å². The van der Waals surface area contributed by atoms with Gasteiger partial charge in [0.2, 0.25) is 5.91 Å². The van der Waals surface area contributed by atoms with Crippen molar-refractivity contribution in [3.8, 4) is 5.75 Å². The Bertz CT molecular complexity index is 1440. The summed E-state index contributed by atoms with van der Waals surface area (Å²) in [5.74, 6) is -3.26. The third-order valence-corrected chi connectivity index (χ3v) is 8.34. The van der Waals surface area contributed by atoms with E-state index in [1.807, 2.05) is 0 Å². The largest absolute Gasteiger partial charge is 0.497 e. The molecule has 4 rings (SSSR count). The molecule has 2 fully saturated rings. The Morgan fingerprint density at radius 1 is 1.09 bits per heavy atom. The number of methoxy groups -OCH3 is 1. The zero-order valence-electron chi connectivity index (χ0n) is 23.9. The van der Waals surface area contributed by atoms with Crippen molar-refractivity contribution in [1.82, 2.24) is 20.0 Å². The van der Waals surface area contributed by atoms with E-state index in [1.165, 1.54) is 24.0 Å². The van der Waals surface area contributed by atoms with E-state index in [2.05, 4.69) is 5.32 Å². The minimum absolute atomic E-state index is 0.0406. The van der Waals surface area contributed by atoms with Gasteiger partial charge in [0.15, 0.2) is 0 Å². The van der Waals surface area contributed by atoms with Gasteiger partial charge in [0.05, 0.1) is 24.8 Å². The molecule has 0 saturated carbocycles. The van der Waals surface area contributed by atoms with Crippen molar-refractivity contribution in [2.45, 2.75) is 51.0 Å². The first kappa shape index (κ1) is 32.1. The molecule has 232 valence electrons. The number of benzene rings is 2. The lowest BCUT2D eigenvalue weighted by Gasteiger charge is -2.43. The Morgan fingerprint density at radius 3 is 2.30 bits per heavy atom. The zero-order chi connectivity index (χ0) is 31.9. The molecule has 5 amide bonds. The lowest BCUT2D eigenvalue weighted by molar-refractivity contribution is -0.142. The molecule has 9 nitrogen and oxygen atoms in total. The third kappa shape index (κ3) is 6.13. The van der Waals surface area contributed by atoms with Gasteiger partial charge in [0.25, 0.3) is 11.8 Å². The Morgan fingerprint density at radius 2 is 1.74 bits per heavy atom. The molecule has 14 heteroatoms. The van der Waals surface area contributed by atoms with Crippen LogP contribution >= 0.6 is 11.6 Å². The summed E-state index contributed by atoms with van der Waals surface area (Å²) < 4.78 is 59.0. The molecular formula is C29H31ClF4N4O5. The zero-order valence-corrected chi connectivity index (χ0v) is 24.7. The van der Waals surface area contributed by atoms with Gasteiger partial charge in [-0.2, -0.15) is 13.2 Å². The quantitative estimate of drug-likeness (QED) is 0.354. The van der Waals surface area contributed by atoms with Crippen LogP contribution in [0.1, 0.15) is 48.2 Å². The number of nitrogens with one attached hydrogen (secondary N) is 1. The van der Waals surface area contributed by atoms with Crippen LogP contribution in [0, 0.1) is 11.7 Å². The van der Waals surface area contributed by atoms with Crippen molar-refractivity contribution in [3.63, 3.8) is 0 Å². The number of hydrogen-bond acceptors (Lipinski definition) is 5. The standard InChI is InChI=1S/C29H31ClF4N4O5/c1-16(2)23(35-24(39)20-13-18(29(32,33)34)6-8-22(20)31)25(40)37-11-9-28(10-12-37)26(41)36(3)27(42)38(28)15-17-5-7-19(43-4)14-21(17)30/h5-8,13-14,16,23H,9-12,15H2,1-4H3,(H,35,39). The third-order valence-electron chi connectivity index (χ3n) is 7.99. The van der Waals surface area contributed by atoms with E-state index in [4.69, 9.17) is 16.3 Å². The van der Waals surface area contributed by atoms with Gasteiger partial charge >= 0.3 is 12.2 Å². The maximum absolute atomic E-state index is 14.3. The van der Waals surface area contributed by atoms with Crippen LogP contribution in [0.25, 0.3) is 0 Å². The van der Waals surface area contributed by atoms with Gasteiger partial charge in [0, 0.05) is 25.2 Å². The monoisotopic (exact) mass is 626 g/mol. The lowest BCUT2D eigenvalue weighted by Crippen LogP contribution is -2.60. The summed E-state index contributed by atoms with van der Waals surface area (Å²) in [5, 5.41) is 2.74. The summed E-state index contributed by atoms with van der Waals surface area (Å²) in [4.78, 5) is 56.8. The van der Waals surface area contributed by atoms with Gasteiger partial charge in [-0.15, -0.1) is 0 Å². The fraction of sp³-hybridized carbons (Fsp3) is 0.448. The number of urea groups is 1. The van der Waals surface area contributed by atoms with Crippen LogP contribution in [0.15, 0.2) is 36.4 Å². The van der Waals surface area contributed by atoms with Gasteiger partial charge < -0.3 is 19.9 Å². The Labute approximate surface area is 250 Å². The van der Waals surface area contributed by atoms with Gasteiger partial charge in [-0.25, -0.2) is 9.18 Å². The van der Waals surface area contributed by atoms with E-state index >= 15 is 0 Å². The number of rotatable bonds is 7. The predicted molar refractivity (Wildman–Crippen MR) is 148 cm³/mol. The molecule has 1 unspecified atom stereocenters. The molecule has 2 heterocycles. The van der Waals surface area contributed by atoms with Crippen LogP contribution in [0.3, 0.4) is 0 Å². The van der Waals surface area contributed by atoms with Crippen LogP contribution in [0.4, 0.5) is 22.4 Å². The second kappa shape index (κ2) is 12.0. The Kier molecular flexibility index (Phi) is 8.96. The number of imide groups is 1. The second-order valence-corrected chi connectivity index (χ2v) is 11.3. The van der Waals surface area contributed by atoms with Crippen molar-refractivity contribution in [3.05, 3.63) is 63.9 Å². The summed E-state index contributed by atoms with van der Waals surface area (Å²) in [6.07, 6.45) is -4.59. The van der Waals surface area contributed by atoms with Gasteiger partial charge in [-0.3, -0.25) is 19.3 Å². The maximum Gasteiger partial charge on any atom is 0.416 e. The van der Waals surface area contributed by atoms with Gasteiger partial charge in [-0.1, -0.05) is 31.5 Å². The maximum atomic E-state index is 14.3. The SMILES string of the molecule is COc1ccc(CN2C(=O)N(C)C(=O)C23CCN(C(=O)C(NC(=O)c2cc(C(F)(F)F)ccc2F)C(C)C)CC3)c(Cl)c1. The van der Waals surface area contributed by atoms with E-state index in [0.717, 1.165) is 4.90 Å². The number of amides is 5. The summed E-state index contributed by atoms with van der Waals surface area (Å²) in [6.45, 7) is 3.40. The molecule has 0 bridgehead atoms. The summed E-state index contributed by atoms with van der Waals surface area (Å²) in [6, 6.07) is 4.78. The van der Waals surface area contributed by atoms with E-state index < -0.39 is 64.4 Å². The molecule has 2 aromatic rings. The highest BCUT2D eigenvalue weighted by atomic mass is 35.5. The van der Waals surface area contributed by atoms with Crippen LogP contribution in [0.2, 0.25) is 5.02 Å². The lowest BCUT2D eigenvalue weighted by atomic mass is 9.85. The second-order valence-electron chi connectivity index (χ2n) is 10.9. The highest BCUT2D eigenvalue weighted by Crippen LogP contribution is 2.39. The number of nitrogens with zero attached hydrogens (tertiary/aromatic N) is 3. The first-order valence-electron chi connectivity index (χ1n) is 13.5. The van der Waals surface area contributed by atoms with Crippen molar-refractivity contribution < 1.29 is 41.5 Å². The molecule has 2 aliphatic rings. The first-order valence-corrected chi connectivity index (χ1v) is 13.9. The highest BCUT2D eigenvalue weighted by molar-refractivity contribution is 6.31. The number of piperidine rings is 1. The summed E-state index contributed by atoms with van der Waals surface area (Å²) in [7, 11) is 2.88. The van der Waals surface area contributed by atoms with E-state index in [0.29, 0.717) is 34.5 Å². The minimum Gasteiger partial charge on any atom is -0.497 e. The van der Waals surface area contributed by atoms with Crippen LogP contribution in [-0.2, 0) is 22.3 Å². The van der Waals surface area contributed by atoms with Crippen molar-refractivity contribution >= 4 is 35.4 Å². The molecule has 2 aromatic carbocycles. The molecule has 43 heavy (non-hydrogen) atoms. The predicted octanol–water partition coefficient (Wildman–Crippen LogP) is 4.72. The number of ether oxygens (including phenoxy) is 1. The summed E-state index contributed by atoms with van der Waals surface area (Å²) in [5.41, 5.74) is -2.67. The van der Waals surface area contributed by atoms with Crippen LogP contribution < -0.4 is 10.1 Å². The number of carbonyl (C=O) groups excluding carboxylic acids is 4. The number of hydrogen-bond donors (Lipinski definition) is 1.